The first-order chi connectivity index (χ1) is 13.3. The molecule has 1 fully saturated rings. The van der Waals surface area contributed by atoms with Crippen LogP contribution >= 0.6 is 0 Å². The van der Waals surface area contributed by atoms with Gasteiger partial charge in [0.15, 0.2) is 11.4 Å². The van der Waals surface area contributed by atoms with Crippen molar-refractivity contribution in [3.63, 3.8) is 0 Å². The van der Waals surface area contributed by atoms with Gasteiger partial charge in [-0.2, -0.15) is 0 Å². The Hall–Kier alpha value is -2.70. The summed E-state index contributed by atoms with van der Waals surface area (Å²) < 4.78 is 16.0. The Labute approximate surface area is 164 Å². The summed E-state index contributed by atoms with van der Waals surface area (Å²) in [6.45, 7) is 3.32. The van der Waals surface area contributed by atoms with Gasteiger partial charge in [0.25, 0.3) is 0 Å². The van der Waals surface area contributed by atoms with E-state index in [2.05, 4.69) is 4.99 Å². The molecule has 0 aromatic heterocycles. The van der Waals surface area contributed by atoms with E-state index in [1.165, 1.54) is 20.3 Å². The molecule has 0 aromatic rings. The number of methoxy groups -OCH3 is 2. The van der Waals surface area contributed by atoms with E-state index in [1.54, 1.807) is 19.9 Å². The number of aliphatic imine (C=N–C) groups is 1. The predicted octanol–water partition coefficient (Wildman–Crippen LogP) is 2.60. The molecular formula is C21H25NO6. The van der Waals surface area contributed by atoms with Crippen molar-refractivity contribution in [1.29, 1.82) is 0 Å². The topological polar surface area (TPSA) is 91.3 Å². The summed E-state index contributed by atoms with van der Waals surface area (Å²) in [7, 11) is 2.47. The Morgan fingerprint density at radius 2 is 1.75 bits per heavy atom. The predicted molar refractivity (Wildman–Crippen MR) is 102 cm³/mol. The van der Waals surface area contributed by atoms with E-state index in [0.717, 1.165) is 32.1 Å². The molecule has 150 valence electrons. The molecule has 0 amide bonds. The van der Waals surface area contributed by atoms with Gasteiger partial charge in [0.05, 0.1) is 20.3 Å². The molecule has 1 atom stereocenters. The molecule has 7 nitrogen and oxygen atoms in total. The molecule has 0 radical (unpaired) electrons. The highest BCUT2D eigenvalue weighted by molar-refractivity contribution is 6.25. The standard InChI is InChI=1S/C21H25NO6/c1-12-11-21(13(2)10-15(12)23)17(20(25)27-4)16(19(24)26-3)18(28-21)22-14-8-6-5-7-9-14/h10-11,14H,5-9H2,1-4H3/t21-/m0/s1. The highest BCUT2D eigenvalue weighted by Gasteiger charge is 2.54. The van der Waals surface area contributed by atoms with Crippen LogP contribution in [0.5, 0.6) is 0 Å². The van der Waals surface area contributed by atoms with E-state index in [4.69, 9.17) is 14.2 Å². The monoisotopic (exact) mass is 387 g/mol. The zero-order valence-corrected chi connectivity index (χ0v) is 16.7. The summed E-state index contributed by atoms with van der Waals surface area (Å²) in [5.41, 5.74) is -0.542. The van der Waals surface area contributed by atoms with Crippen molar-refractivity contribution < 1.29 is 28.6 Å². The van der Waals surface area contributed by atoms with Gasteiger partial charge in [-0.15, -0.1) is 0 Å². The summed E-state index contributed by atoms with van der Waals surface area (Å²) in [5.74, 6) is -1.54. The number of ketones is 1. The number of carbonyl (C=O) groups is 3. The Bertz CT molecular complexity index is 841. The van der Waals surface area contributed by atoms with Crippen molar-refractivity contribution in [2.75, 3.05) is 14.2 Å². The summed E-state index contributed by atoms with van der Waals surface area (Å²) in [6.07, 6.45) is 8.03. The maximum absolute atomic E-state index is 12.7. The molecule has 1 heterocycles. The fourth-order valence-corrected chi connectivity index (χ4v) is 3.95. The smallest absolute Gasteiger partial charge is 0.344 e. The number of esters is 2. The van der Waals surface area contributed by atoms with Gasteiger partial charge in [-0.05, 0) is 50.0 Å². The van der Waals surface area contributed by atoms with Crippen LogP contribution in [-0.2, 0) is 28.6 Å². The molecule has 28 heavy (non-hydrogen) atoms. The van der Waals surface area contributed by atoms with Crippen molar-refractivity contribution in [3.05, 3.63) is 34.4 Å². The lowest BCUT2D eigenvalue weighted by atomic mass is 9.79. The van der Waals surface area contributed by atoms with Gasteiger partial charge in [-0.1, -0.05) is 19.3 Å². The van der Waals surface area contributed by atoms with Crippen LogP contribution in [0.25, 0.3) is 0 Å². The molecule has 0 bridgehead atoms. The van der Waals surface area contributed by atoms with E-state index in [0.29, 0.717) is 11.1 Å². The Morgan fingerprint density at radius 3 is 2.36 bits per heavy atom. The molecule has 1 spiro atoms. The molecular weight excluding hydrogens is 362 g/mol. The van der Waals surface area contributed by atoms with Crippen molar-refractivity contribution in [1.82, 2.24) is 0 Å². The van der Waals surface area contributed by atoms with Crippen molar-refractivity contribution in [2.24, 2.45) is 4.99 Å². The molecule has 0 unspecified atom stereocenters. The van der Waals surface area contributed by atoms with Crippen molar-refractivity contribution >= 4 is 23.6 Å². The minimum absolute atomic E-state index is 0.00277. The first-order valence-corrected chi connectivity index (χ1v) is 9.45. The number of allylic oxidation sites excluding steroid dienone is 2. The molecule has 0 aromatic carbocycles. The molecule has 1 aliphatic heterocycles. The second-order valence-electron chi connectivity index (χ2n) is 7.32. The third-order valence-corrected chi connectivity index (χ3v) is 5.49. The molecule has 0 saturated heterocycles. The second kappa shape index (κ2) is 7.73. The number of hydrogen-bond donors (Lipinski definition) is 0. The first-order valence-electron chi connectivity index (χ1n) is 9.45. The zero-order valence-electron chi connectivity index (χ0n) is 16.7. The van der Waals surface area contributed by atoms with Crippen molar-refractivity contribution in [3.8, 4) is 0 Å². The third kappa shape index (κ3) is 3.30. The molecule has 0 N–H and O–H groups in total. The van der Waals surface area contributed by atoms with E-state index in [1.807, 2.05) is 0 Å². The van der Waals surface area contributed by atoms with E-state index < -0.39 is 17.5 Å². The van der Waals surface area contributed by atoms with E-state index in [-0.39, 0.29) is 28.9 Å². The maximum atomic E-state index is 12.7. The van der Waals surface area contributed by atoms with Crippen LogP contribution in [0, 0.1) is 0 Å². The van der Waals surface area contributed by atoms with Gasteiger partial charge in [0.2, 0.25) is 5.90 Å². The number of ether oxygens (including phenoxy) is 3. The highest BCUT2D eigenvalue weighted by Crippen LogP contribution is 2.44. The van der Waals surface area contributed by atoms with Gasteiger partial charge < -0.3 is 14.2 Å². The van der Waals surface area contributed by atoms with Crippen LogP contribution in [-0.4, -0.2) is 49.5 Å². The van der Waals surface area contributed by atoms with Crippen LogP contribution in [0.2, 0.25) is 0 Å². The fourth-order valence-electron chi connectivity index (χ4n) is 3.95. The first kappa shape index (κ1) is 20.0. The van der Waals surface area contributed by atoms with E-state index >= 15 is 0 Å². The number of nitrogens with zero attached hydrogens (tertiary/aromatic N) is 1. The second-order valence-corrected chi connectivity index (χ2v) is 7.32. The van der Waals surface area contributed by atoms with Gasteiger partial charge in [-0.25, -0.2) is 14.6 Å². The van der Waals surface area contributed by atoms with Gasteiger partial charge >= 0.3 is 11.9 Å². The summed E-state index contributed by atoms with van der Waals surface area (Å²) in [5, 5.41) is 0. The molecule has 3 aliphatic rings. The molecule has 1 saturated carbocycles. The number of rotatable bonds is 3. The maximum Gasteiger partial charge on any atom is 0.344 e. The van der Waals surface area contributed by atoms with Crippen LogP contribution in [0.15, 0.2) is 39.4 Å². The Morgan fingerprint density at radius 1 is 1.11 bits per heavy atom. The third-order valence-electron chi connectivity index (χ3n) is 5.49. The lowest BCUT2D eigenvalue weighted by molar-refractivity contribution is -0.139. The number of hydrogen-bond acceptors (Lipinski definition) is 7. The number of carbonyl (C=O) groups excluding carboxylic acids is 3. The summed E-state index contributed by atoms with van der Waals surface area (Å²) in [6, 6.07) is 0.0111. The van der Waals surface area contributed by atoms with Crippen molar-refractivity contribution in [2.45, 2.75) is 57.6 Å². The van der Waals surface area contributed by atoms with Crippen LogP contribution in [0.1, 0.15) is 46.0 Å². The van der Waals surface area contributed by atoms with Gasteiger partial charge in [0.1, 0.15) is 11.1 Å². The van der Waals surface area contributed by atoms with Crippen LogP contribution < -0.4 is 0 Å². The van der Waals surface area contributed by atoms with E-state index in [9.17, 15) is 14.4 Å². The minimum atomic E-state index is -1.40. The Kier molecular flexibility index (Phi) is 5.54. The molecule has 3 rings (SSSR count). The zero-order chi connectivity index (χ0) is 20.5. The summed E-state index contributed by atoms with van der Waals surface area (Å²) >= 11 is 0. The average molecular weight is 387 g/mol. The molecule has 7 heteroatoms. The van der Waals surface area contributed by atoms with Gasteiger partial charge in [-0.3, -0.25) is 4.79 Å². The minimum Gasteiger partial charge on any atom is -0.466 e. The van der Waals surface area contributed by atoms with Gasteiger partial charge in [0, 0.05) is 0 Å². The quantitative estimate of drug-likeness (QED) is 0.692. The lowest BCUT2D eigenvalue weighted by Crippen LogP contribution is -2.38. The average Bonchev–Trinajstić information content (AvgIpc) is 3.00. The fraction of sp³-hybridized carbons (Fsp3) is 0.524. The Balaban J connectivity index is 2.22. The highest BCUT2D eigenvalue weighted by atomic mass is 16.6. The van der Waals surface area contributed by atoms with Crippen LogP contribution in [0.4, 0.5) is 0 Å². The lowest BCUT2D eigenvalue weighted by Gasteiger charge is -2.31. The molecule has 2 aliphatic carbocycles. The SMILES string of the molecule is COC(=O)C1=C(C(=O)OC)[C@@]2(C=C(C)C(=O)C=C2C)OC1=NC1CCCCC1. The summed E-state index contributed by atoms with van der Waals surface area (Å²) in [4.78, 5) is 42.1. The normalized spacial score (nSPS) is 26.9. The largest absolute Gasteiger partial charge is 0.466 e. The van der Waals surface area contributed by atoms with Crippen LogP contribution in [0.3, 0.4) is 0 Å².